The van der Waals surface area contributed by atoms with Gasteiger partial charge in [-0.15, -0.1) is 0 Å². The summed E-state index contributed by atoms with van der Waals surface area (Å²) in [6, 6.07) is 6.28. The van der Waals surface area contributed by atoms with Crippen LogP contribution in [0, 0.1) is 22.6 Å². The lowest BCUT2D eigenvalue weighted by Crippen LogP contribution is -2.20. The fourth-order valence-electron chi connectivity index (χ4n) is 1.18. The minimum Gasteiger partial charge on any atom is -0.387 e. The standard InChI is InChI=1S/C11H11ClFNO/c1-11(2,6-14)10(15)7-4-3-5-8(12)9(7)13/h3-5,10,15H,1-2H3. The summed E-state index contributed by atoms with van der Waals surface area (Å²) in [6.45, 7) is 3.08. The molecule has 0 saturated heterocycles. The average molecular weight is 228 g/mol. The molecule has 0 bridgehead atoms. The van der Waals surface area contributed by atoms with Crippen molar-refractivity contribution in [1.29, 1.82) is 5.26 Å². The summed E-state index contributed by atoms with van der Waals surface area (Å²) in [4.78, 5) is 0. The second-order valence-electron chi connectivity index (χ2n) is 3.88. The molecule has 0 aliphatic rings. The number of nitrogens with zero attached hydrogens (tertiary/aromatic N) is 1. The van der Waals surface area contributed by atoms with Crippen LogP contribution in [0.3, 0.4) is 0 Å². The molecule has 1 aromatic rings. The third-order valence-corrected chi connectivity index (χ3v) is 2.54. The number of hydrogen-bond donors (Lipinski definition) is 1. The average Bonchev–Trinajstić information content (AvgIpc) is 2.21. The Labute approximate surface area is 92.9 Å². The third kappa shape index (κ3) is 2.28. The summed E-state index contributed by atoms with van der Waals surface area (Å²) < 4.78 is 13.5. The Morgan fingerprint density at radius 3 is 2.67 bits per heavy atom. The first-order valence-electron chi connectivity index (χ1n) is 4.43. The Balaban J connectivity index is 3.19. The summed E-state index contributed by atoms with van der Waals surface area (Å²) in [5.41, 5.74) is -1.00. The predicted octanol–water partition coefficient (Wildman–Crippen LogP) is 3.06. The van der Waals surface area contributed by atoms with Gasteiger partial charge in [-0.25, -0.2) is 4.39 Å². The van der Waals surface area contributed by atoms with Gasteiger partial charge in [-0.1, -0.05) is 23.7 Å². The monoisotopic (exact) mass is 227 g/mol. The van der Waals surface area contributed by atoms with Crippen molar-refractivity contribution < 1.29 is 9.50 Å². The SMILES string of the molecule is CC(C)(C#N)C(O)c1cccc(Cl)c1F. The van der Waals surface area contributed by atoms with E-state index in [9.17, 15) is 9.50 Å². The van der Waals surface area contributed by atoms with E-state index in [1.165, 1.54) is 32.0 Å². The molecule has 15 heavy (non-hydrogen) atoms. The number of hydrogen-bond acceptors (Lipinski definition) is 2. The predicted molar refractivity (Wildman–Crippen MR) is 55.8 cm³/mol. The van der Waals surface area contributed by atoms with Gasteiger partial charge in [0.2, 0.25) is 0 Å². The van der Waals surface area contributed by atoms with E-state index in [-0.39, 0.29) is 10.6 Å². The maximum absolute atomic E-state index is 13.5. The Morgan fingerprint density at radius 1 is 1.53 bits per heavy atom. The van der Waals surface area contributed by atoms with Gasteiger partial charge in [0.1, 0.15) is 5.82 Å². The summed E-state index contributed by atoms with van der Waals surface area (Å²) in [7, 11) is 0. The molecule has 0 aliphatic heterocycles. The van der Waals surface area contributed by atoms with Gasteiger partial charge in [-0.3, -0.25) is 0 Å². The minimum atomic E-state index is -1.19. The van der Waals surface area contributed by atoms with Crippen LogP contribution in [-0.2, 0) is 0 Å². The van der Waals surface area contributed by atoms with Gasteiger partial charge in [-0.05, 0) is 19.9 Å². The Hall–Kier alpha value is -1.11. The molecule has 0 aliphatic carbocycles. The topological polar surface area (TPSA) is 44.0 Å². The highest BCUT2D eigenvalue weighted by Crippen LogP contribution is 2.35. The van der Waals surface area contributed by atoms with Crippen LogP contribution in [0.2, 0.25) is 5.02 Å². The fraction of sp³-hybridized carbons (Fsp3) is 0.364. The normalized spacial score (nSPS) is 13.3. The van der Waals surface area contributed by atoms with Gasteiger partial charge in [0.25, 0.3) is 0 Å². The van der Waals surface area contributed by atoms with Crippen molar-refractivity contribution in [3.8, 4) is 6.07 Å². The number of aliphatic hydroxyl groups excluding tert-OH is 1. The van der Waals surface area contributed by atoms with E-state index < -0.39 is 17.3 Å². The zero-order chi connectivity index (χ0) is 11.6. The molecular weight excluding hydrogens is 217 g/mol. The zero-order valence-corrected chi connectivity index (χ0v) is 9.22. The number of aliphatic hydroxyl groups is 1. The molecule has 80 valence electrons. The Bertz CT molecular complexity index is 412. The largest absolute Gasteiger partial charge is 0.387 e. The van der Waals surface area contributed by atoms with Crippen LogP contribution in [-0.4, -0.2) is 5.11 Å². The van der Waals surface area contributed by atoms with Crippen molar-refractivity contribution in [3.05, 3.63) is 34.6 Å². The van der Waals surface area contributed by atoms with Crippen LogP contribution in [0.5, 0.6) is 0 Å². The molecule has 2 nitrogen and oxygen atoms in total. The van der Waals surface area contributed by atoms with Crippen LogP contribution in [0.15, 0.2) is 18.2 Å². The van der Waals surface area contributed by atoms with Gasteiger partial charge in [0.05, 0.1) is 22.6 Å². The molecule has 0 aromatic heterocycles. The highest BCUT2D eigenvalue weighted by atomic mass is 35.5. The van der Waals surface area contributed by atoms with Gasteiger partial charge in [0, 0.05) is 5.56 Å². The maximum Gasteiger partial charge on any atom is 0.147 e. The number of benzene rings is 1. The van der Waals surface area contributed by atoms with Gasteiger partial charge in [0.15, 0.2) is 0 Å². The summed E-state index contributed by atoms with van der Waals surface area (Å²) in [6.07, 6.45) is -1.19. The second kappa shape index (κ2) is 4.18. The van der Waals surface area contributed by atoms with E-state index >= 15 is 0 Å². The Kier molecular flexibility index (Phi) is 3.33. The van der Waals surface area contributed by atoms with Crippen LogP contribution in [0.1, 0.15) is 25.5 Å². The first-order valence-corrected chi connectivity index (χ1v) is 4.81. The third-order valence-electron chi connectivity index (χ3n) is 2.25. The maximum atomic E-state index is 13.5. The molecule has 4 heteroatoms. The molecule has 0 fully saturated rings. The van der Waals surface area contributed by atoms with Crippen molar-refractivity contribution in [2.24, 2.45) is 5.41 Å². The van der Waals surface area contributed by atoms with Crippen molar-refractivity contribution in [2.75, 3.05) is 0 Å². The molecule has 0 radical (unpaired) electrons. The highest BCUT2D eigenvalue weighted by Gasteiger charge is 2.31. The lowest BCUT2D eigenvalue weighted by molar-refractivity contribution is 0.0832. The number of nitriles is 1. The molecule has 0 amide bonds. The van der Waals surface area contributed by atoms with Crippen LogP contribution < -0.4 is 0 Å². The van der Waals surface area contributed by atoms with Gasteiger partial charge in [-0.2, -0.15) is 5.26 Å². The first kappa shape index (κ1) is 12.0. The smallest absolute Gasteiger partial charge is 0.147 e. The Morgan fingerprint density at radius 2 is 2.13 bits per heavy atom. The van der Waals surface area contributed by atoms with E-state index in [1.807, 2.05) is 6.07 Å². The van der Waals surface area contributed by atoms with Crippen molar-refractivity contribution in [1.82, 2.24) is 0 Å². The summed E-state index contributed by atoms with van der Waals surface area (Å²) in [5.74, 6) is -0.671. The molecular formula is C11H11ClFNO. The molecule has 0 heterocycles. The van der Waals surface area contributed by atoms with Crippen molar-refractivity contribution in [2.45, 2.75) is 20.0 Å². The molecule has 0 spiro atoms. The van der Waals surface area contributed by atoms with Gasteiger partial charge >= 0.3 is 0 Å². The van der Waals surface area contributed by atoms with E-state index in [2.05, 4.69) is 0 Å². The van der Waals surface area contributed by atoms with Gasteiger partial charge < -0.3 is 5.11 Å². The first-order chi connectivity index (χ1) is 6.90. The van der Waals surface area contributed by atoms with E-state index in [0.29, 0.717) is 0 Å². The number of rotatable bonds is 2. The van der Waals surface area contributed by atoms with Crippen molar-refractivity contribution in [3.63, 3.8) is 0 Å². The number of halogens is 2. The van der Waals surface area contributed by atoms with E-state index in [4.69, 9.17) is 16.9 Å². The van der Waals surface area contributed by atoms with Crippen LogP contribution in [0.4, 0.5) is 4.39 Å². The molecule has 1 N–H and O–H groups in total. The minimum absolute atomic E-state index is 0.0500. The zero-order valence-electron chi connectivity index (χ0n) is 8.46. The molecule has 1 atom stereocenters. The quantitative estimate of drug-likeness (QED) is 0.844. The fourth-order valence-corrected chi connectivity index (χ4v) is 1.36. The second-order valence-corrected chi connectivity index (χ2v) is 4.29. The van der Waals surface area contributed by atoms with E-state index in [1.54, 1.807) is 0 Å². The highest BCUT2D eigenvalue weighted by molar-refractivity contribution is 6.30. The molecule has 0 saturated carbocycles. The molecule has 1 unspecified atom stereocenters. The van der Waals surface area contributed by atoms with E-state index in [0.717, 1.165) is 0 Å². The lowest BCUT2D eigenvalue weighted by Gasteiger charge is -2.23. The molecule has 1 aromatic carbocycles. The molecule has 1 rings (SSSR count). The van der Waals surface area contributed by atoms with Crippen LogP contribution >= 0.6 is 11.6 Å². The van der Waals surface area contributed by atoms with Crippen LogP contribution in [0.25, 0.3) is 0 Å². The summed E-state index contributed by atoms with van der Waals surface area (Å²) >= 11 is 5.58. The van der Waals surface area contributed by atoms with Crippen molar-refractivity contribution >= 4 is 11.6 Å². The summed E-state index contributed by atoms with van der Waals surface area (Å²) in [5, 5.41) is 18.6. The lowest BCUT2D eigenvalue weighted by atomic mass is 9.84.